The molecule has 1 N–H and O–H groups in total. The van der Waals surface area contributed by atoms with Crippen molar-refractivity contribution in [1.82, 2.24) is 4.98 Å². The molecule has 4 nitrogen and oxygen atoms in total. The Bertz CT molecular complexity index is 768. The first-order chi connectivity index (χ1) is 10.2. The van der Waals surface area contributed by atoms with Crippen molar-refractivity contribution in [2.45, 2.75) is 6.42 Å². The van der Waals surface area contributed by atoms with Crippen molar-refractivity contribution in [3.63, 3.8) is 0 Å². The Morgan fingerprint density at radius 1 is 1.24 bits per heavy atom. The smallest absolute Gasteiger partial charge is 0.341 e. The average molecular weight is 299 g/mol. The third-order valence-corrected chi connectivity index (χ3v) is 4.02. The van der Waals surface area contributed by atoms with Gasteiger partial charge in [0.2, 0.25) is 5.88 Å². The number of ether oxygens (including phenoxy) is 1. The Morgan fingerprint density at radius 3 is 2.86 bits per heavy atom. The predicted molar refractivity (Wildman–Crippen MR) is 82.2 cm³/mol. The fourth-order valence-electron chi connectivity index (χ4n) is 2.06. The minimum atomic E-state index is -1.03. The summed E-state index contributed by atoms with van der Waals surface area (Å²) in [6, 6.07) is 13.0. The van der Waals surface area contributed by atoms with Crippen LogP contribution in [-0.4, -0.2) is 22.7 Å². The number of para-hydroxylation sites is 1. The monoisotopic (exact) mass is 299 g/mol. The fraction of sp³-hybridized carbons (Fsp3) is 0.125. The number of hydrogen-bond acceptors (Lipinski definition) is 4. The van der Waals surface area contributed by atoms with Crippen LogP contribution in [0.5, 0.6) is 5.88 Å². The van der Waals surface area contributed by atoms with Gasteiger partial charge in [-0.3, -0.25) is 0 Å². The van der Waals surface area contributed by atoms with Crippen LogP contribution in [0.4, 0.5) is 0 Å². The SMILES string of the molecule is O=C(O)c1cc2ccccc2nc1OCCc1cccs1. The van der Waals surface area contributed by atoms with E-state index in [9.17, 15) is 9.90 Å². The van der Waals surface area contributed by atoms with E-state index in [1.165, 1.54) is 4.88 Å². The lowest BCUT2D eigenvalue weighted by Crippen LogP contribution is -2.08. The summed E-state index contributed by atoms with van der Waals surface area (Å²) in [4.78, 5) is 16.9. The molecule has 3 rings (SSSR count). The van der Waals surface area contributed by atoms with Gasteiger partial charge in [-0.15, -0.1) is 11.3 Å². The van der Waals surface area contributed by atoms with Gasteiger partial charge in [-0.25, -0.2) is 9.78 Å². The zero-order valence-electron chi connectivity index (χ0n) is 11.2. The van der Waals surface area contributed by atoms with E-state index in [0.717, 1.165) is 17.3 Å². The van der Waals surface area contributed by atoms with Gasteiger partial charge in [-0.1, -0.05) is 24.3 Å². The van der Waals surface area contributed by atoms with Crippen LogP contribution in [0, 0.1) is 0 Å². The predicted octanol–water partition coefficient (Wildman–Crippen LogP) is 3.62. The molecule has 0 aliphatic heterocycles. The fourth-order valence-corrected chi connectivity index (χ4v) is 2.75. The van der Waals surface area contributed by atoms with E-state index in [-0.39, 0.29) is 11.4 Å². The molecule has 21 heavy (non-hydrogen) atoms. The molecule has 106 valence electrons. The van der Waals surface area contributed by atoms with E-state index < -0.39 is 5.97 Å². The molecular formula is C16H13NO3S. The standard InChI is InChI=1S/C16H13NO3S/c18-16(19)13-10-11-4-1-2-6-14(11)17-15(13)20-8-7-12-5-3-9-21-12/h1-6,9-10H,7-8H2,(H,18,19). The number of hydrogen-bond donors (Lipinski definition) is 1. The number of carbonyl (C=O) groups is 1. The van der Waals surface area contributed by atoms with Crippen molar-refractivity contribution in [2.24, 2.45) is 0 Å². The van der Waals surface area contributed by atoms with Crippen LogP contribution in [0.25, 0.3) is 10.9 Å². The quantitative estimate of drug-likeness (QED) is 0.781. The normalized spacial score (nSPS) is 10.7. The second-order valence-electron chi connectivity index (χ2n) is 4.52. The zero-order chi connectivity index (χ0) is 14.7. The van der Waals surface area contributed by atoms with Gasteiger partial charge < -0.3 is 9.84 Å². The molecule has 0 fully saturated rings. The van der Waals surface area contributed by atoms with Crippen molar-refractivity contribution in [3.8, 4) is 5.88 Å². The minimum absolute atomic E-state index is 0.0971. The summed E-state index contributed by atoms with van der Waals surface area (Å²) in [6.45, 7) is 0.409. The van der Waals surface area contributed by atoms with Crippen LogP contribution in [-0.2, 0) is 6.42 Å². The first-order valence-corrected chi connectivity index (χ1v) is 7.40. The molecule has 0 amide bonds. The van der Waals surface area contributed by atoms with E-state index >= 15 is 0 Å². The van der Waals surface area contributed by atoms with Crippen LogP contribution < -0.4 is 4.74 Å². The molecule has 0 bridgehead atoms. The van der Waals surface area contributed by atoms with E-state index in [1.807, 2.05) is 41.8 Å². The van der Waals surface area contributed by atoms with E-state index in [4.69, 9.17) is 4.74 Å². The van der Waals surface area contributed by atoms with Crippen LogP contribution in [0.3, 0.4) is 0 Å². The number of carboxylic acids is 1. The van der Waals surface area contributed by atoms with Gasteiger partial charge >= 0.3 is 5.97 Å². The van der Waals surface area contributed by atoms with Crippen molar-refractivity contribution in [1.29, 1.82) is 0 Å². The second kappa shape index (κ2) is 5.93. The molecule has 0 unspecified atom stereocenters. The Labute approximate surface area is 125 Å². The van der Waals surface area contributed by atoms with E-state index in [0.29, 0.717) is 6.61 Å². The number of nitrogens with zero attached hydrogens (tertiary/aromatic N) is 1. The molecule has 0 spiro atoms. The van der Waals surface area contributed by atoms with Gasteiger partial charge in [0.05, 0.1) is 12.1 Å². The number of aromatic nitrogens is 1. The van der Waals surface area contributed by atoms with Gasteiger partial charge in [0.15, 0.2) is 0 Å². The second-order valence-corrected chi connectivity index (χ2v) is 5.55. The molecule has 1 aromatic carbocycles. The van der Waals surface area contributed by atoms with Gasteiger partial charge in [0.25, 0.3) is 0 Å². The van der Waals surface area contributed by atoms with Crippen molar-refractivity contribution in [2.75, 3.05) is 6.61 Å². The molecule has 5 heteroatoms. The molecule has 0 radical (unpaired) electrons. The Balaban J connectivity index is 1.85. The third kappa shape index (κ3) is 3.03. The summed E-state index contributed by atoms with van der Waals surface area (Å²) < 4.78 is 5.59. The number of aromatic carboxylic acids is 1. The third-order valence-electron chi connectivity index (χ3n) is 3.09. The maximum atomic E-state index is 11.3. The number of thiophene rings is 1. The van der Waals surface area contributed by atoms with Crippen LogP contribution >= 0.6 is 11.3 Å². The molecule has 0 aliphatic rings. The van der Waals surface area contributed by atoms with Crippen LogP contribution in [0.2, 0.25) is 0 Å². The summed E-state index contributed by atoms with van der Waals surface area (Å²) in [5.74, 6) is -0.850. The van der Waals surface area contributed by atoms with E-state index in [1.54, 1.807) is 17.4 Å². The van der Waals surface area contributed by atoms with Gasteiger partial charge in [0.1, 0.15) is 5.56 Å². The molecule has 2 heterocycles. The van der Waals surface area contributed by atoms with Crippen molar-refractivity contribution in [3.05, 3.63) is 58.3 Å². The largest absolute Gasteiger partial charge is 0.477 e. The highest BCUT2D eigenvalue weighted by Crippen LogP contribution is 2.22. The molecule has 2 aromatic heterocycles. The molecular weight excluding hydrogens is 286 g/mol. The molecule has 0 aliphatic carbocycles. The molecule has 0 saturated carbocycles. The number of fused-ring (bicyclic) bond motifs is 1. The zero-order valence-corrected chi connectivity index (χ0v) is 12.0. The maximum Gasteiger partial charge on any atom is 0.341 e. The van der Waals surface area contributed by atoms with Crippen molar-refractivity contribution >= 4 is 28.2 Å². The number of rotatable bonds is 5. The van der Waals surface area contributed by atoms with Crippen LogP contribution in [0.1, 0.15) is 15.2 Å². The lowest BCUT2D eigenvalue weighted by molar-refractivity contribution is 0.0691. The van der Waals surface area contributed by atoms with Gasteiger partial charge in [0, 0.05) is 16.7 Å². The van der Waals surface area contributed by atoms with Crippen molar-refractivity contribution < 1.29 is 14.6 Å². The maximum absolute atomic E-state index is 11.3. The molecule has 3 aromatic rings. The van der Waals surface area contributed by atoms with E-state index in [2.05, 4.69) is 4.98 Å². The summed E-state index contributed by atoms with van der Waals surface area (Å²) in [6.07, 6.45) is 0.741. The van der Waals surface area contributed by atoms with Gasteiger partial charge in [-0.2, -0.15) is 0 Å². The Morgan fingerprint density at radius 2 is 2.10 bits per heavy atom. The first-order valence-electron chi connectivity index (χ1n) is 6.52. The summed E-state index contributed by atoms with van der Waals surface area (Å²) in [7, 11) is 0. The number of carboxylic acid groups (broad SMARTS) is 1. The first kappa shape index (κ1) is 13.6. The lowest BCUT2D eigenvalue weighted by Gasteiger charge is -2.09. The Hall–Kier alpha value is -2.40. The lowest BCUT2D eigenvalue weighted by atomic mass is 10.1. The highest BCUT2D eigenvalue weighted by atomic mass is 32.1. The van der Waals surface area contributed by atoms with Gasteiger partial charge in [-0.05, 0) is 23.6 Å². The number of benzene rings is 1. The minimum Gasteiger partial charge on any atom is -0.477 e. The topological polar surface area (TPSA) is 59.4 Å². The molecule has 0 saturated heterocycles. The Kier molecular flexibility index (Phi) is 3.83. The molecule has 0 atom stereocenters. The summed E-state index contributed by atoms with van der Waals surface area (Å²) in [5.41, 5.74) is 0.827. The summed E-state index contributed by atoms with van der Waals surface area (Å²) in [5, 5.41) is 12.1. The highest BCUT2D eigenvalue weighted by Gasteiger charge is 2.14. The summed E-state index contributed by atoms with van der Waals surface area (Å²) >= 11 is 1.65. The van der Waals surface area contributed by atoms with Crippen LogP contribution in [0.15, 0.2) is 47.8 Å². The average Bonchev–Trinajstić information content (AvgIpc) is 2.99. The highest BCUT2D eigenvalue weighted by molar-refractivity contribution is 7.09. The number of pyridine rings is 1.